The van der Waals surface area contributed by atoms with Gasteiger partial charge in [0.05, 0.1) is 19.2 Å². The van der Waals surface area contributed by atoms with E-state index in [1.54, 1.807) is 32.0 Å². The zero-order valence-corrected chi connectivity index (χ0v) is 12.7. The lowest BCUT2D eigenvalue weighted by Crippen LogP contribution is -2.35. The zero-order valence-electron chi connectivity index (χ0n) is 12.7. The number of carbonyl (C=O) groups excluding carboxylic acids is 3. The highest BCUT2D eigenvalue weighted by molar-refractivity contribution is 6.10. The van der Waals surface area contributed by atoms with E-state index >= 15 is 0 Å². The molecule has 1 aromatic rings. The SMILES string of the molecule is COc1cc(C)ccc1C(=O)CN1C(=O)C(C)C(C)C1=O. The molecule has 21 heavy (non-hydrogen) atoms. The van der Waals surface area contributed by atoms with Crippen molar-refractivity contribution < 1.29 is 19.1 Å². The van der Waals surface area contributed by atoms with Crippen molar-refractivity contribution in [1.29, 1.82) is 0 Å². The highest BCUT2D eigenvalue weighted by atomic mass is 16.5. The number of methoxy groups -OCH3 is 1. The topological polar surface area (TPSA) is 63.7 Å². The Hall–Kier alpha value is -2.17. The van der Waals surface area contributed by atoms with Gasteiger partial charge in [0.25, 0.3) is 0 Å². The second-order valence-corrected chi connectivity index (χ2v) is 5.47. The van der Waals surface area contributed by atoms with Crippen LogP contribution in [0.4, 0.5) is 0 Å². The Labute approximate surface area is 123 Å². The zero-order chi connectivity index (χ0) is 15.7. The molecule has 1 aromatic carbocycles. The van der Waals surface area contributed by atoms with Crippen LogP contribution in [0.3, 0.4) is 0 Å². The number of nitrogens with zero attached hydrogens (tertiary/aromatic N) is 1. The first-order valence-corrected chi connectivity index (χ1v) is 6.90. The number of hydrogen-bond donors (Lipinski definition) is 0. The van der Waals surface area contributed by atoms with Crippen molar-refractivity contribution >= 4 is 17.6 Å². The third-order valence-electron chi connectivity index (χ3n) is 4.02. The van der Waals surface area contributed by atoms with Gasteiger partial charge in [0.2, 0.25) is 11.8 Å². The van der Waals surface area contributed by atoms with E-state index in [0.717, 1.165) is 10.5 Å². The number of rotatable bonds is 4. The van der Waals surface area contributed by atoms with Crippen LogP contribution in [0.15, 0.2) is 18.2 Å². The summed E-state index contributed by atoms with van der Waals surface area (Å²) in [4.78, 5) is 37.5. The summed E-state index contributed by atoms with van der Waals surface area (Å²) in [6, 6.07) is 5.22. The maximum Gasteiger partial charge on any atom is 0.233 e. The molecule has 2 atom stereocenters. The number of hydrogen-bond acceptors (Lipinski definition) is 4. The van der Waals surface area contributed by atoms with Gasteiger partial charge >= 0.3 is 0 Å². The van der Waals surface area contributed by atoms with Crippen molar-refractivity contribution in [3.63, 3.8) is 0 Å². The number of imide groups is 1. The van der Waals surface area contributed by atoms with Gasteiger partial charge in [-0.1, -0.05) is 19.9 Å². The molecule has 2 unspecified atom stereocenters. The normalized spacial score (nSPS) is 21.8. The number of Topliss-reactive ketones (excluding diaryl/α,β-unsaturated/α-hetero) is 1. The van der Waals surface area contributed by atoms with Crippen molar-refractivity contribution in [1.82, 2.24) is 4.90 Å². The summed E-state index contributed by atoms with van der Waals surface area (Å²) in [5.41, 5.74) is 1.36. The molecular formula is C16H19NO4. The van der Waals surface area contributed by atoms with Crippen molar-refractivity contribution in [3.05, 3.63) is 29.3 Å². The first-order chi connectivity index (χ1) is 9.86. The summed E-state index contributed by atoms with van der Waals surface area (Å²) in [6.07, 6.45) is 0. The third kappa shape index (κ3) is 2.68. The number of carbonyl (C=O) groups is 3. The van der Waals surface area contributed by atoms with Crippen molar-refractivity contribution in [2.24, 2.45) is 11.8 Å². The number of ketones is 1. The second-order valence-electron chi connectivity index (χ2n) is 5.47. The average Bonchev–Trinajstić information content (AvgIpc) is 2.64. The van der Waals surface area contributed by atoms with Crippen molar-refractivity contribution in [2.75, 3.05) is 13.7 Å². The van der Waals surface area contributed by atoms with Crippen LogP contribution in [-0.4, -0.2) is 36.2 Å². The molecule has 0 saturated carbocycles. The Balaban J connectivity index is 2.23. The maximum absolute atomic E-state index is 12.4. The second kappa shape index (κ2) is 5.68. The van der Waals surface area contributed by atoms with E-state index in [-0.39, 0.29) is 36.0 Å². The lowest BCUT2D eigenvalue weighted by Gasteiger charge is -2.15. The van der Waals surface area contributed by atoms with Crippen LogP contribution in [-0.2, 0) is 9.59 Å². The Kier molecular flexibility index (Phi) is 4.11. The smallest absolute Gasteiger partial charge is 0.233 e. The number of likely N-dealkylation sites (tertiary alicyclic amines) is 1. The van der Waals surface area contributed by atoms with E-state index in [1.165, 1.54) is 7.11 Å². The highest BCUT2D eigenvalue weighted by Crippen LogP contribution is 2.27. The molecule has 0 spiro atoms. The van der Waals surface area contributed by atoms with Crippen LogP contribution in [0, 0.1) is 18.8 Å². The van der Waals surface area contributed by atoms with Gasteiger partial charge in [0, 0.05) is 11.8 Å². The van der Waals surface area contributed by atoms with Gasteiger partial charge in [0.15, 0.2) is 5.78 Å². The molecule has 1 aliphatic rings. The molecule has 1 saturated heterocycles. The van der Waals surface area contributed by atoms with Gasteiger partial charge in [-0.3, -0.25) is 19.3 Å². The third-order valence-corrected chi connectivity index (χ3v) is 4.02. The predicted octanol–water partition coefficient (Wildman–Crippen LogP) is 1.83. The van der Waals surface area contributed by atoms with Crippen LogP contribution in [0.1, 0.15) is 29.8 Å². The summed E-state index contributed by atoms with van der Waals surface area (Å²) < 4.78 is 5.20. The molecule has 0 N–H and O–H groups in total. The van der Waals surface area contributed by atoms with E-state index in [9.17, 15) is 14.4 Å². The number of benzene rings is 1. The van der Waals surface area contributed by atoms with Crippen LogP contribution in [0.5, 0.6) is 5.75 Å². The van der Waals surface area contributed by atoms with Gasteiger partial charge < -0.3 is 4.74 Å². The predicted molar refractivity (Wildman–Crippen MR) is 77.1 cm³/mol. The number of ether oxygens (including phenoxy) is 1. The van der Waals surface area contributed by atoms with Gasteiger partial charge in [-0.05, 0) is 24.6 Å². The molecule has 1 fully saturated rings. The molecule has 112 valence electrons. The first kappa shape index (κ1) is 15.2. The van der Waals surface area contributed by atoms with Crippen LogP contribution in [0.25, 0.3) is 0 Å². The fraction of sp³-hybridized carbons (Fsp3) is 0.438. The molecular weight excluding hydrogens is 270 g/mol. The van der Waals surface area contributed by atoms with Gasteiger partial charge in [0.1, 0.15) is 5.75 Å². The average molecular weight is 289 g/mol. The first-order valence-electron chi connectivity index (χ1n) is 6.90. The fourth-order valence-electron chi connectivity index (χ4n) is 2.44. The Morgan fingerprint density at radius 2 is 1.76 bits per heavy atom. The molecule has 2 amide bonds. The largest absolute Gasteiger partial charge is 0.496 e. The summed E-state index contributed by atoms with van der Waals surface area (Å²) in [5.74, 6) is -1.15. The standard InChI is InChI=1S/C16H19NO4/c1-9-5-6-12(14(7-9)21-4)13(18)8-17-15(19)10(2)11(3)16(17)20/h5-7,10-11H,8H2,1-4H3. The van der Waals surface area contributed by atoms with Crippen molar-refractivity contribution in [2.45, 2.75) is 20.8 Å². The fourth-order valence-corrected chi connectivity index (χ4v) is 2.44. The highest BCUT2D eigenvalue weighted by Gasteiger charge is 2.43. The Bertz CT molecular complexity index is 588. The molecule has 0 bridgehead atoms. The number of aryl methyl sites for hydroxylation is 1. The molecule has 1 heterocycles. The van der Waals surface area contributed by atoms with Crippen LogP contribution in [0.2, 0.25) is 0 Å². The minimum atomic E-state index is -0.370. The molecule has 0 radical (unpaired) electrons. The molecule has 0 aromatic heterocycles. The summed E-state index contributed by atoms with van der Waals surface area (Å²) in [5, 5.41) is 0. The summed E-state index contributed by atoms with van der Waals surface area (Å²) >= 11 is 0. The monoisotopic (exact) mass is 289 g/mol. The van der Waals surface area contributed by atoms with Crippen molar-refractivity contribution in [3.8, 4) is 5.75 Å². The van der Waals surface area contributed by atoms with Crippen LogP contribution >= 0.6 is 0 Å². The lowest BCUT2D eigenvalue weighted by molar-refractivity contribution is -0.139. The summed E-state index contributed by atoms with van der Waals surface area (Å²) in [7, 11) is 1.49. The molecule has 5 heteroatoms. The summed E-state index contributed by atoms with van der Waals surface area (Å²) in [6.45, 7) is 5.09. The van der Waals surface area contributed by atoms with Crippen LogP contribution < -0.4 is 4.74 Å². The minimum absolute atomic E-state index is 0.230. The molecule has 0 aliphatic carbocycles. The molecule has 5 nitrogen and oxygen atoms in total. The van der Waals surface area contributed by atoms with E-state index in [4.69, 9.17) is 4.74 Å². The Morgan fingerprint density at radius 1 is 1.19 bits per heavy atom. The number of amides is 2. The lowest BCUT2D eigenvalue weighted by atomic mass is 10.00. The minimum Gasteiger partial charge on any atom is -0.496 e. The quantitative estimate of drug-likeness (QED) is 0.626. The van der Waals surface area contributed by atoms with E-state index in [2.05, 4.69) is 0 Å². The van der Waals surface area contributed by atoms with Gasteiger partial charge in [-0.2, -0.15) is 0 Å². The molecule has 2 rings (SSSR count). The van der Waals surface area contributed by atoms with E-state index in [0.29, 0.717) is 11.3 Å². The van der Waals surface area contributed by atoms with Gasteiger partial charge in [-0.15, -0.1) is 0 Å². The van der Waals surface area contributed by atoms with Gasteiger partial charge in [-0.25, -0.2) is 0 Å². The van der Waals surface area contributed by atoms with E-state index < -0.39 is 0 Å². The Morgan fingerprint density at radius 3 is 2.29 bits per heavy atom. The maximum atomic E-state index is 12.4. The van der Waals surface area contributed by atoms with E-state index in [1.807, 2.05) is 6.92 Å². The molecule has 1 aliphatic heterocycles.